The van der Waals surface area contributed by atoms with Crippen LogP contribution in [-0.4, -0.2) is 18.1 Å². The van der Waals surface area contributed by atoms with E-state index in [1.165, 1.54) is 12.1 Å². The van der Waals surface area contributed by atoms with E-state index >= 15 is 0 Å². The summed E-state index contributed by atoms with van der Waals surface area (Å²) < 4.78 is 44.2. The van der Waals surface area contributed by atoms with Crippen molar-refractivity contribution in [2.24, 2.45) is 0 Å². The van der Waals surface area contributed by atoms with Gasteiger partial charge in [-0.15, -0.1) is 0 Å². The van der Waals surface area contributed by atoms with Gasteiger partial charge in [0.05, 0.1) is 24.6 Å². The summed E-state index contributed by atoms with van der Waals surface area (Å²) in [5, 5.41) is -0.227. The van der Waals surface area contributed by atoms with Crippen LogP contribution in [0.15, 0.2) is 23.0 Å². The van der Waals surface area contributed by atoms with E-state index in [-0.39, 0.29) is 16.6 Å². The topological polar surface area (TPSA) is 85.2 Å². The van der Waals surface area contributed by atoms with Crippen molar-refractivity contribution in [3.05, 3.63) is 39.7 Å². The van der Waals surface area contributed by atoms with Crippen LogP contribution < -0.4 is 11.3 Å². The number of rotatable bonds is 2. The molecule has 0 aliphatic carbocycles. The van der Waals surface area contributed by atoms with Gasteiger partial charge < -0.3 is 15.5 Å². The molecule has 0 radical (unpaired) electrons. The first-order chi connectivity index (χ1) is 9.74. The van der Waals surface area contributed by atoms with Gasteiger partial charge in [0.15, 0.2) is 0 Å². The SMILES string of the molecule is COC(=O)Cc1c(C(F)(F)F)c2ccc(N)cc2[nH]c1=O. The summed E-state index contributed by atoms with van der Waals surface area (Å²) in [6, 6.07) is 3.68. The lowest BCUT2D eigenvalue weighted by atomic mass is 10.0. The van der Waals surface area contributed by atoms with Crippen molar-refractivity contribution in [1.29, 1.82) is 0 Å². The normalized spacial score (nSPS) is 11.6. The third-order valence-electron chi connectivity index (χ3n) is 2.97. The smallest absolute Gasteiger partial charge is 0.417 e. The number of aromatic amines is 1. The summed E-state index contributed by atoms with van der Waals surface area (Å²) in [5.41, 5.74) is 2.85. The van der Waals surface area contributed by atoms with E-state index in [1.807, 2.05) is 0 Å². The molecule has 1 aromatic heterocycles. The Labute approximate surface area is 116 Å². The van der Waals surface area contributed by atoms with Gasteiger partial charge in [-0.1, -0.05) is 6.07 Å². The molecule has 0 saturated heterocycles. The average Bonchev–Trinajstić information content (AvgIpc) is 2.37. The zero-order valence-corrected chi connectivity index (χ0v) is 10.9. The standard InChI is InChI=1S/C13H11F3N2O3/c1-21-10(19)5-8-11(13(14,15)16)7-3-2-6(17)4-9(7)18-12(8)20/h2-4H,5,17H2,1H3,(H,18,20). The van der Waals surface area contributed by atoms with Gasteiger partial charge >= 0.3 is 12.1 Å². The molecule has 0 unspecified atom stereocenters. The number of aromatic nitrogens is 1. The summed E-state index contributed by atoms with van der Waals surface area (Å²) in [7, 11) is 1.03. The quantitative estimate of drug-likeness (QED) is 0.654. The number of benzene rings is 1. The molecule has 2 aromatic rings. The van der Waals surface area contributed by atoms with E-state index in [9.17, 15) is 22.8 Å². The zero-order chi connectivity index (χ0) is 15.8. The Morgan fingerprint density at radius 3 is 2.62 bits per heavy atom. The number of halogens is 3. The van der Waals surface area contributed by atoms with Gasteiger partial charge in [-0.2, -0.15) is 13.2 Å². The molecule has 1 heterocycles. The minimum absolute atomic E-state index is 0.0408. The molecule has 0 spiro atoms. The fourth-order valence-corrected chi connectivity index (χ4v) is 2.07. The van der Waals surface area contributed by atoms with Crippen LogP contribution in [0.5, 0.6) is 0 Å². The van der Waals surface area contributed by atoms with Crippen LogP contribution in [0.1, 0.15) is 11.1 Å². The molecule has 3 N–H and O–H groups in total. The number of anilines is 1. The number of methoxy groups -OCH3 is 1. The predicted octanol–water partition coefficient (Wildman–Crippen LogP) is 1.84. The minimum Gasteiger partial charge on any atom is -0.469 e. The summed E-state index contributed by atoms with van der Waals surface area (Å²) >= 11 is 0. The molecule has 21 heavy (non-hydrogen) atoms. The van der Waals surface area contributed by atoms with Crippen molar-refractivity contribution < 1.29 is 22.7 Å². The number of ether oxygens (including phenoxy) is 1. The van der Waals surface area contributed by atoms with Crippen molar-refractivity contribution in [2.45, 2.75) is 12.6 Å². The number of carbonyl (C=O) groups is 1. The molecule has 0 fully saturated rings. The first-order valence-electron chi connectivity index (χ1n) is 5.82. The molecular weight excluding hydrogens is 289 g/mol. The van der Waals surface area contributed by atoms with Crippen molar-refractivity contribution in [1.82, 2.24) is 4.98 Å². The maximum Gasteiger partial charge on any atom is 0.417 e. The third-order valence-corrected chi connectivity index (χ3v) is 2.97. The highest BCUT2D eigenvalue weighted by Gasteiger charge is 2.37. The number of nitrogens with two attached hydrogens (primary N) is 1. The van der Waals surface area contributed by atoms with Gasteiger partial charge in [0, 0.05) is 16.6 Å². The maximum atomic E-state index is 13.3. The molecule has 0 aliphatic heterocycles. The van der Waals surface area contributed by atoms with Crippen LogP contribution in [0.3, 0.4) is 0 Å². The van der Waals surface area contributed by atoms with Gasteiger partial charge in [-0.25, -0.2) is 0 Å². The van der Waals surface area contributed by atoms with Crippen molar-refractivity contribution >= 4 is 22.6 Å². The predicted molar refractivity (Wildman–Crippen MR) is 69.7 cm³/mol. The van der Waals surface area contributed by atoms with Crippen LogP contribution in [0.4, 0.5) is 18.9 Å². The fourth-order valence-electron chi connectivity index (χ4n) is 2.07. The Morgan fingerprint density at radius 2 is 2.05 bits per heavy atom. The van der Waals surface area contributed by atoms with E-state index in [1.54, 1.807) is 0 Å². The number of carbonyl (C=O) groups excluding carboxylic acids is 1. The van der Waals surface area contributed by atoms with Crippen molar-refractivity contribution in [3.8, 4) is 0 Å². The van der Waals surface area contributed by atoms with E-state index < -0.39 is 35.3 Å². The first kappa shape index (κ1) is 14.9. The largest absolute Gasteiger partial charge is 0.469 e. The van der Waals surface area contributed by atoms with Gasteiger partial charge in [-0.05, 0) is 12.1 Å². The van der Waals surface area contributed by atoms with Gasteiger partial charge in [0.25, 0.3) is 5.56 Å². The lowest BCUT2D eigenvalue weighted by Crippen LogP contribution is -2.24. The van der Waals surface area contributed by atoms with Gasteiger partial charge in [0.1, 0.15) is 0 Å². The highest BCUT2D eigenvalue weighted by molar-refractivity contribution is 5.87. The molecular formula is C13H11F3N2O3. The van der Waals surface area contributed by atoms with Crippen LogP contribution in [0.2, 0.25) is 0 Å². The molecule has 112 valence electrons. The molecule has 5 nitrogen and oxygen atoms in total. The number of hydrogen-bond acceptors (Lipinski definition) is 4. The lowest BCUT2D eigenvalue weighted by Gasteiger charge is -2.15. The Bertz CT molecular complexity index is 766. The van der Waals surface area contributed by atoms with E-state index in [0.29, 0.717) is 0 Å². The monoisotopic (exact) mass is 300 g/mol. The molecule has 8 heteroatoms. The summed E-state index contributed by atoms with van der Waals surface area (Å²) in [4.78, 5) is 25.4. The van der Waals surface area contributed by atoms with Crippen LogP contribution in [0.25, 0.3) is 10.9 Å². The second kappa shape index (κ2) is 5.12. The number of pyridine rings is 1. The zero-order valence-electron chi connectivity index (χ0n) is 10.9. The van der Waals surface area contributed by atoms with Gasteiger partial charge in [-0.3, -0.25) is 9.59 Å². The molecule has 0 aliphatic rings. The summed E-state index contributed by atoms with van der Waals surface area (Å²) in [5.74, 6) is -0.930. The van der Waals surface area contributed by atoms with Crippen LogP contribution >= 0.6 is 0 Å². The number of hydrogen-bond donors (Lipinski definition) is 2. The molecule has 0 saturated carbocycles. The van der Waals surface area contributed by atoms with E-state index in [0.717, 1.165) is 13.2 Å². The number of fused-ring (bicyclic) bond motifs is 1. The minimum atomic E-state index is -4.79. The number of alkyl halides is 3. The van der Waals surface area contributed by atoms with Crippen LogP contribution in [-0.2, 0) is 22.1 Å². The lowest BCUT2D eigenvalue weighted by molar-refractivity contribution is -0.141. The highest BCUT2D eigenvalue weighted by Crippen LogP contribution is 2.36. The Kier molecular flexibility index (Phi) is 3.63. The van der Waals surface area contributed by atoms with Crippen molar-refractivity contribution in [2.75, 3.05) is 12.8 Å². The highest BCUT2D eigenvalue weighted by atomic mass is 19.4. The molecule has 0 bridgehead atoms. The Morgan fingerprint density at radius 1 is 1.38 bits per heavy atom. The van der Waals surface area contributed by atoms with Crippen molar-refractivity contribution in [3.63, 3.8) is 0 Å². The Hall–Kier alpha value is -2.51. The number of nitrogen functional groups attached to an aromatic ring is 1. The van der Waals surface area contributed by atoms with Crippen LogP contribution in [0, 0.1) is 0 Å². The average molecular weight is 300 g/mol. The number of esters is 1. The van der Waals surface area contributed by atoms with Gasteiger partial charge in [0.2, 0.25) is 0 Å². The number of H-pyrrole nitrogens is 1. The number of nitrogens with one attached hydrogen (secondary N) is 1. The maximum absolute atomic E-state index is 13.3. The Balaban J connectivity index is 2.84. The molecule has 0 atom stereocenters. The second-order valence-electron chi connectivity index (χ2n) is 4.36. The summed E-state index contributed by atoms with van der Waals surface area (Å²) in [6.45, 7) is 0. The first-order valence-corrected chi connectivity index (χ1v) is 5.82. The molecule has 0 amide bonds. The van der Waals surface area contributed by atoms with E-state index in [4.69, 9.17) is 5.73 Å². The second-order valence-corrected chi connectivity index (χ2v) is 4.36. The summed E-state index contributed by atoms with van der Waals surface area (Å²) in [6.07, 6.45) is -5.55. The third kappa shape index (κ3) is 2.83. The fraction of sp³-hybridized carbons (Fsp3) is 0.231. The van der Waals surface area contributed by atoms with E-state index in [2.05, 4.69) is 9.72 Å². The molecule has 2 rings (SSSR count). The molecule has 1 aromatic carbocycles.